The van der Waals surface area contributed by atoms with Gasteiger partial charge in [0, 0.05) is 23.4 Å². The van der Waals surface area contributed by atoms with Crippen molar-refractivity contribution in [3.05, 3.63) is 35.5 Å². The lowest BCUT2D eigenvalue weighted by atomic mass is 10.1. The minimum absolute atomic E-state index is 0.0514. The topological polar surface area (TPSA) is 277 Å². The molecular formula is C25H31FN10O11PS+. The number of anilines is 1. The molecule has 264 valence electrons. The SMILES string of the molecule is CC(C)C(=O)Nc1nc2c(ncn2[C@@H]2O[C@H](CO)C[C@H]2OS(=O)(=O)NCC[C@H]2O[C@@H](n3cnc4cncnc43)[C@H](F)[C@@H]2O[P+](=O)O)c(=O)[nH]1. The molecule has 2 aliphatic rings. The zero-order chi connectivity index (χ0) is 35.0. The number of H-pyrrole nitrogens is 1. The molecule has 24 heteroatoms. The third-order valence-electron chi connectivity index (χ3n) is 7.77. The summed E-state index contributed by atoms with van der Waals surface area (Å²) in [6.45, 7) is 2.42. The average Bonchev–Trinajstić information content (AvgIpc) is 3.82. The molecule has 2 fully saturated rings. The van der Waals surface area contributed by atoms with Crippen molar-refractivity contribution < 1.29 is 50.3 Å². The highest BCUT2D eigenvalue weighted by atomic mass is 32.2. The summed E-state index contributed by atoms with van der Waals surface area (Å²) < 4.78 is 80.0. The standard InChI is InChI=1S/C25H30FN10O11PS/c1-11(2)21(38)33-25-32-20-17(22(39)34-25)30-10-36(20)23-15(5-12(7-37)44-23)47-49(42,43)31-4-3-14-18(46-48(40)41)16(26)24(45-14)35-9-29-13-6-27-8-28-19(13)35/h6,8-12,14-16,18,23-24,31,37H,3-5,7H2,1-2H3,(H2-,32,33,34,38,39,40,41)/p+1/t12-,14+,15+,16+,18+,23+,24+/m0/s1. The minimum Gasteiger partial charge on any atom is -0.394 e. The molecule has 1 amide bonds. The maximum atomic E-state index is 15.6. The molecule has 6 heterocycles. The summed E-state index contributed by atoms with van der Waals surface area (Å²) in [6, 6.07) is 0. The van der Waals surface area contributed by atoms with Crippen LogP contribution in [0.2, 0.25) is 0 Å². The number of carbonyl (C=O) groups excluding carboxylic acids is 1. The van der Waals surface area contributed by atoms with Crippen LogP contribution < -0.4 is 15.6 Å². The molecule has 49 heavy (non-hydrogen) atoms. The van der Waals surface area contributed by atoms with Crippen LogP contribution in [0.4, 0.5) is 10.3 Å². The van der Waals surface area contributed by atoms with E-state index in [0.29, 0.717) is 5.52 Å². The highest BCUT2D eigenvalue weighted by Crippen LogP contribution is 2.40. The highest BCUT2D eigenvalue weighted by molar-refractivity contribution is 7.84. The number of nitrogens with zero attached hydrogens (tertiary/aromatic N) is 7. The third-order valence-corrected chi connectivity index (χ3v) is 9.25. The molecule has 1 unspecified atom stereocenters. The second kappa shape index (κ2) is 14.1. The number of imidazole rings is 2. The molecule has 2 aliphatic heterocycles. The number of carbonyl (C=O) groups is 1. The summed E-state index contributed by atoms with van der Waals surface area (Å²) in [7, 11) is -7.82. The third kappa shape index (κ3) is 7.34. The summed E-state index contributed by atoms with van der Waals surface area (Å²) >= 11 is 0. The van der Waals surface area contributed by atoms with E-state index in [1.54, 1.807) is 13.8 Å². The van der Waals surface area contributed by atoms with Gasteiger partial charge < -0.3 is 14.6 Å². The number of aromatic amines is 1. The first-order valence-electron chi connectivity index (χ1n) is 14.8. The fourth-order valence-corrected chi connectivity index (χ4v) is 6.87. The van der Waals surface area contributed by atoms with E-state index in [1.807, 2.05) is 0 Å². The molecule has 0 aromatic carbocycles. The molecule has 0 aliphatic carbocycles. The van der Waals surface area contributed by atoms with E-state index in [9.17, 15) is 32.6 Å². The quantitative estimate of drug-likeness (QED) is 0.111. The van der Waals surface area contributed by atoms with Crippen LogP contribution >= 0.6 is 8.25 Å². The van der Waals surface area contributed by atoms with Crippen LogP contribution in [-0.4, -0.2) is 107 Å². The number of amides is 1. The summed E-state index contributed by atoms with van der Waals surface area (Å²) in [5.74, 6) is -1.01. The summed E-state index contributed by atoms with van der Waals surface area (Å²) in [6.07, 6.45) is -4.66. The van der Waals surface area contributed by atoms with E-state index in [-0.39, 0.29) is 42.1 Å². The van der Waals surface area contributed by atoms with Gasteiger partial charge in [-0.2, -0.15) is 18.1 Å². The molecule has 21 nitrogen and oxygen atoms in total. The van der Waals surface area contributed by atoms with Gasteiger partial charge in [-0.25, -0.2) is 28.5 Å². The lowest BCUT2D eigenvalue weighted by Gasteiger charge is -2.21. The Balaban J connectivity index is 1.16. The van der Waals surface area contributed by atoms with Gasteiger partial charge in [-0.3, -0.25) is 29.0 Å². The molecule has 0 spiro atoms. The van der Waals surface area contributed by atoms with Gasteiger partial charge in [0.05, 0.1) is 37.7 Å². The predicted octanol–water partition coefficient (Wildman–Crippen LogP) is -0.286. The van der Waals surface area contributed by atoms with Crippen molar-refractivity contribution in [2.24, 2.45) is 5.92 Å². The van der Waals surface area contributed by atoms with Gasteiger partial charge in [-0.05, 0) is 6.42 Å². The van der Waals surface area contributed by atoms with Crippen LogP contribution in [0.1, 0.15) is 39.1 Å². The number of ether oxygens (including phenoxy) is 2. The molecule has 0 saturated carbocycles. The minimum atomic E-state index is -4.57. The predicted molar refractivity (Wildman–Crippen MR) is 162 cm³/mol. The van der Waals surface area contributed by atoms with Crippen molar-refractivity contribution in [1.29, 1.82) is 0 Å². The monoisotopic (exact) mass is 729 g/mol. The van der Waals surface area contributed by atoms with Crippen molar-refractivity contribution >= 4 is 52.7 Å². The zero-order valence-electron chi connectivity index (χ0n) is 25.7. The normalized spacial score (nSPS) is 26.2. The van der Waals surface area contributed by atoms with Crippen molar-refractivity contribution in [3.8, 4) is 0 Å². The first-order valence-corrected chi connectivity index (χ1v) is 17.4. The molecule has 0 radical (unpaired) electrons. The Hall–Kier alpha value is -3.93. The molecule has 2 saturated heterocycles. The first-order chi connectivity index (χ1) is 23.3. The summed E-state index contributed by atoms with van der Waals surface area (Å²) in [5.41, 5.74) is -0.275. The molecule has 4 aromatic heterocycles. The maximum absolute atomic E-state index is 15.6. The van der Waals surface area contributed by atoms with Gasteiger partial charge in [-0.15, -0.1) is 9.42 Å². The van der Waals surface area contributed by atoms with Crippen LogP contribution in [-0.2, 0) is 37.8 Å². The van der Waals surface area contributed by atoms with Crippen molar-refractivity contribution in [2.45, 2.75) is 69.7 Å². The Labute approximate surface area is 276 Å². The molecule has 0 bridgehead atoms. The first kappa shape index (κ1) is 34.9. The number of aliphatic hydroxyl groups excluding tert-OH is 1. The van der Waals surface area contributed by atoms with Crippen molar-refractivity contribution in [3.63, 3.8) is 0 Å². The van der Waals surface area contributed by atoms with Crippen LogP contribution in [0, 0.1) is 5.92 Å². The van der Waals surface area contributed by atoms with E-state index in [0.717, 1.165) is 0 Å². The number of rotatable bonds is 13. The highest BCUT2D eigenvalue weighted by Gasteiger charge is 2.51. The summed E-state index contributed by atoms with van der Waals surface area (Å²) in [5, 5.41) is 12.3. The number of halogens is 1. The lowest BCUT2D eigenvalue weighted by molar-refractivity contribution is -0.118. The van der Waals surface area contributed by atoms with Crippen molar-refractivity contribution in [2.75, 3.05) is 18.5 Å². The Morgan fingerprint density at radius 2 is 1.96 bits per heavy atom. The van der Waals surface area contributed by atoms with Crippen molar-refractivity contribution in [1.82, 2.24) is 43.8 Å². The molecule has 6 rings (SSSR count). The number of fused-ring (bicyclic) bond motifs is 2. The second-order valence-corrected chi connectivity index (χ2v) is 13.5. The largest absolute Gasteiger partial charge is 0.695 e. The number of alkyl halides is 1. The van der Waals surface area contributed by atoms with Gasteiger partial charge in [0.2, 0.25) is 11.9 Å². The Bertz CT molecular complexity index is 2030. The smallest absolute Gasteiger partial charge is 0.394 e. The fraction of sp³-hybridized carbons (Fsp3) is 0.560. The summed E-state index contributed by atoms with van der Waals surface area (Å²) in [4.78, 5) is 57.0. The van der Waals surface area contributed by atoms with E-state index >= 15 is 4.39 Å². The van der Waals surface area contributed by atoms with Gasteiger partial charge in [0.1, 0.15) is 17.9 Å². The van der Waals surface area contributed by atoms with Crippen LogP contribution in [0.5, 0.6) is 0 Å². The molecule has 8 atom stereocenters. The Kier molecular flexibility index (Phi) is 10.1. The second-order valence-electron chi connectivity index (χ2n) is 11.4. The van der Waals surface area contributed by atoms with E-state index in [2.05, 4.69) is 39.9 Å². The molecule has 4 aromatic rings. The number of hydrogen-bond donors (Lipinski definition) is 5. The zero-order valence-corrected chi connectivity index (χ0v) is 27.4. The average molecular weight is 730 g/mol. The maximum Gasteiger partial charge on any atom is 0.695 e. The molecule has 5 N–H and O–H groups in total. The Morgan fingerprint density at radius 3 is 2.69 bits per heavy atom. The fourth-order valence-electron chi connectivity index (χ4n) is 5.47. The van der Waals surface area contributed by atoms with E-state index < -0.39 is 85.6 Å². The number of nitrogens with one attached hydrogen (secondary N) is 3. The Morgan fingerprint density at radius 1 is 1.20 bits per heavy atom. The van der Waals surface area contributed by atoms with E-state index in [4.69, 9.17) is 18.2 Å². The van der Waals surface area contributed by atoms with Gasteiger partial charge >= 0.3 is 18.6 Å². The van der Waals surface area contributed by atoms with E-state index in [1.165, 1.54) is 34.3 Å². The molecular weight excluding hydrogens is 698 g/mol. The van der Waals surface area contributed by atoms with Gasteiger partial charge in [-0.1, -0.05) is 13.8 Å². The van der Waals surface area contributed by atoms with Crippen LogP contribution in [0.3, 0.4) is 0 Å². The lowest BCUT2D eigenvalue weighted by Crippen LogP contribution is -2.36. The van der Waals surface area contributed by atoms with Gasteiger partial charge in [0.15, 0.2) is 41.5 Å². The van der Waals surface area contributed by atoms with Crippen LogP contribution in [0.25, 0.3) is 22.3 Å². The number of aromatic nitrogens is 8. The van der Waals surface area contributed by atoms with Crippen LogP contribution in [0.15, 0.2) is 30.0 Å². The number of aliphatic hydroxyl groups is 1. The van der Waals surface area contributed by atoms with Gasteiger partial charge in [0.25, 0.3) is 5.56 Å². The number of hydrogen-bond acceptors (Lipinski definition) is 15.